The van der Waals surface area contributed by atoms with Crippen molar-refractivity contribution in [3.63, 3.8) is 0 Å². The summed E-state index contributed by atoms with van der Waals surface area (Å²) in [7, 11) is -3.80. The van der Waals surface area contributed by atoms with Gasteiger partial charge in [0.15, 0.2) is 0 Å². The Morgan fingerprint density at radius 1 is 1.44 bits per heavy atom. The van der Waals surface area contributed by atoms with Crippen molar-refractivity contribution in [2.45, 2.75) is 11.3 Å². The van der Waals surface area contributed by atoms with E-state index in [0.29, 0.717) is 0 Å². The fourth-order valence-corrected chi connectivity index (χ4v) is 3.46. The minimum atomic E-state index is -3.80. The third-order valence-corrected chi connectivity index (χ3v) is 4.80. The number of carboxylic acid groups (broad SMARTS) is 1. The predicted molar refractivity (Wildman–Crippen MR) is 60.9 cm³/mol. The molecule has 18 heavy (non-hydrogen) atoms. The highest BCUT2D eigenvalue weighted by Gasteiger charge is 2.35. The Hall–Kier alpha value is -1.47. The molecule has 1 aliphatic heterocycles. The smallest absolute Gasteiger partial charge is 0.307 e. The maximum atomic E-state index is 13.0. The molecule has 0 aliphatic carbocycles. The Bertz CT molecular complexity index is 572. The molecule has 0 spiro atoms. The van der Waals surface area contributed by atoms with Gasteiger partial charge in [0.1, 0.15) is 5.82 Å². The van der Waals surface area contributed by atoms with Gasteiger partial charge in [0.05, 0.1) is 10.8 Å². The Morgan fingerprint density at radius 3 is 2.72 bits per heavy atom. The zero-order valence-electron chi connectivity index (χ0n) is 9.41. The van der Waals surface area contributed by atoms with Gasteiger partial charge in [-0.2, -0.15) is 4.31 Å². The molecular formula is C11H12FNO4S. The molecule has 1 aliphatic rings. The number of halogens is 1. The molecule has 98 valence electrons. The van der Waals surface area contributed by atoms with E-state index in [0.717, 1.165) is 16.4 Å². The molecule has 1 fully saturated rings. The van der Waals surface area contributed by atoms with Crippen LogP contribution in [0.5, 0.6) is 0 Å². The van der Waals surface area contributed by atoms with Crippen molar-refractivity contribution in [2.75, 3.05) is 13.1 Å². The van der Waals surface area contributed by atoms with Gasteiger partial charge in [-0.15, -0.1) is 0 Å². The summed E-state index contributed by atoms with van der Waals surface area (Å²) >= 11 is 0. The third-order valence-electron chi connectivity index (χ3n) is 2.93. The van der Waals surface area contributed by atoms with E-state index in [2.05, 4.69) is 0 Å². The molecule has 0 bridgehead atoms. The summed E-state index contributed by atoms with van der Waals surface area (Å²) in [6.07, 6.45) is 0.282. The predicted octanol–water partition coefficient (Wildman–Crippen LogP) is 0.921. The number of rotatable bonds is 3. The van der Waals surface area contributed by atoms with Crippen LogP contribution >= 0.6 is 0 Å². The molecular weight excluding hydrogens is 261 g/mol. The lowest BCUT2D eigenvalue weighted by atomic mass is 10.1. The second kappa shape index (κ2) is 4.66. The van der Waals surface area contributed by atoms with Gasteiger partial charge in [0.2, 0.25) is 10.0 Å². The molecule has 1 atom stereocenters. The molecule has 1 aromatic rings. The number of carboxylic acids is 1. The van der Waals surface area contributed by atoms with Crippen molar-refractivity contribution in [1.29, 1.82) is 0 Å². The topological polar surface area (TPSA) is 74.7 Å². The summed E-state index contributed by atoms with van der Waals surface area (Å²) in [6, 6.07) is 4.70. The van der Waals surface area contributed by atoms with Crippen LogP contribution in [0.3, 0.4) is 0 Å². The summed E-state index contributed by atoms with van der Waals surface area (Å²) in [5.74, 6) is -2.33. The molecule has 0 amide bonds. The van der Waals surface area contributed by atoms with E-state index in [1.165, 1.54) is 12.1 Å². The fourth-order valence-electron chi connectivity index (χ4n) is 1.92. The maximum absolute atomic E-state index is 13.0. The Morgan fingerprint density at radius 2 is 2.17 bits per heavy atom. The Balaban J connectivity index is 2.25. The second-order valence-electron chi connectivity index (χ2n) is 4.14. The molecule has 2 rings (SSSR count). The number of hydrogen-bond acceptors (Lipinski definition) is 3. The number of carbonyl (C=O) groups is 1. The van der Waals surface area contributed by atoms with Crippen LogP contribution in [-0.4, -0.2) is 36.9 Å². The molecule has 1 saturated heterocycles. The fraction of sp³-hybridized carbons (Fsp3) is 0.364. The summed E-state index contributed by atoms with van der Waals surface area (Å²) in [5, 5.41) is 8.83. The van der Waals surface area contributed by atoms with E-state index in [1.54, 1.807) is 0 Å². The van der Waals surface area contributed by atoms with Crippen LogP contribution in [0.1, 0.15) is 6.42 Å². The number of benzene rings is 1. The largest absolute Gasteiger partial charge is 0.481 e. The minimum Gasteiger partial charge on any atom is -0.481 e. The van der Waals surface area contributed by atoms with Crippen LogP contribution < -0.4 is 0 Å². The maximum Gasteiger partial charge on any atom is 0.307 e. The number of sulfonamides is 1. The quantitative estimate of drug-likeness (QED) is 0.888. The van der Waals surface area contributed by atoms with Gasteiger partial charge >= 0.3 is 5.97 Å². The molecule has 1 heterocycles. The number of aliphatic carboxylic acids is 1. The van der Waals surface area contributed by atoms with Gasteiger partial charge in [0.25, 0.3) is 0 Å². The second-order valence-corrected chi connectivity index (χ2v) is 6.08. The first kappa shape index (κ1) is 13.0. The van der Waals surface area contributed by atoms with Crippen LogP contribution in [0.25, 0.3) is 0 Å². The first-order valence-electron chi connectivity index (χ1n) is 5.40. The summed E-state index contributed by atoms with van der Waals surface area (Å²) in [4.78, 5) is 10.6. The Labute approximate surface area is 104 Å². The van der Waals surface area contributed by atoms with Gasteiger partial charge in [-0.05, 0) is 24.6 Å². The Kier molecular flexibility index (Phi) is 3.36. The van der Waals surface area contributed by atoms with Crippen LogP contribution in [0.15, 0.2) is 29.2 Å². The first-order valence-corrected chi connectivity index (χ1v) is 6.84. The standard InChI is InChI=1S/C11H12FNO4S/c12-9-2-1-3-10(6-9)18(16,17)13-5-4-8(7-13)11(14)15/h1-3,6,8H,4-5,7H2,(H,14,15). The highest BCUT2D eigenvalue weighted by molar-refractivity contribution is 7.89. The van der Waals surface area contributed by atoms with E-state index >= 15 is 0 Å². The van der Waals surface area contributed by atoms with Gasteiger partial charge in [0, 0.05) is 13.1 Å². The lowest BCUT2D eigenvalue weighted by Crippen LogP contribution is -2.30. The molecule has 1 N–H and O–H groups in total. The number of hydrogen-bond donors (Lipinski definition) is 1. The highest BCUT2D eigenvalue weighted by Crippen LogP contribution is 2.24. The average Bonchev–Trinajstić information content (AvgIpc) is 2.79. The van der Waals surface area contributed by atoms with Crippen LogP contribution in [0, 0.1) is 11.7 Å². The van der Waals surface area contributed by atoms with Gasteiger partial charge in [-0.1, -0.05) is 6.07 Å². The van der Waals surface area contributed by atoms with Crippen molar-refractivity contribution < 1.29 is 22.7 Å². The summed E-state index contributed by atoms with van der Waals surface area (Å²) in [5.41, 5.74) is 0. The lowest BCUT2D eigenvalue weighted by Gasteiger charge is -2.15. The lowest BCUT2D eigenvalue weighted by molar-refractivity contribution is -0.141. The molecule has 5 nitrogen and oxygen atoms in total. The molecule has 1 unspecified atom stereocenters. The van der Waals surface area contributed by atoms with Crippen molar-refractivity contribution in [2.24, 2.45) is 5.92 Å². The van der Waals surface area contributed by atoms with Gasteiger partial charge < -0.3 is 5.11 Å². The van der Waals surface area contributed by atoms with Gasteiger partial charge in [-0.3, -0.25) is 4.79 Å². The van der Waals surface area contributed by atoms with E-state index in [-0.39, 0.29) is 24.4 Å². The van der Waals surface area contributed by atoms with Crippen molar-refractivity contribution in [1.82, 2.24) is 4.31 Å². The van der Waals surface area contributed by atoms with E-state index < -0.39 is 27.7 Å². The molecule has 0 saturated carbocycles. The van der Waals surface area contributed by atoms with Crippen LogP contribution in [-0.2, 0) is 14.8 Å². The van der Waals surface area contributed by atoms with E-state index in [9.17, 15) is 17.6 Å². The third kappa shape index (κ3) is 2.37. The monoisotopic (exact) mass is 273 g/mol. The summed E-state index contributed by atoms with van der Waals surface area (Å²) < 4.78 is 38.3. The van der Waals surface area contributed by atoms with E-state index in [1.807, 2.05) is 0 Å². The van der Waals surface area contributed by atoms with Crippen LogP contribution in [0.4, 0.5) is 4.39 Å². The normalized spacial score (nSPS) is 21.1. The van der Waals surface area contributed by atoms with Crippen LogP contribution in [0.2, 0.25) is 0 Å². The van der Waals surface area contributed by atoms with Crippen molar-refractivity contribution >= 4 is 16.0 Å². The van der Waals surface area contributed by atoms with E-state index in [4.69, 9.17) is 5.11 Å². The molecule has 1 aromatic carbocycles. The zero-order chi connectivity index (χ0) is 13.3. The SMILES string of the molecule is O=C(O)C1CCN(S(=O)(=O)c2cccc(F)c2)C1. The summed E-state index contributed by atoms with van der Waals surface area (Å²) in [6.45, 7) is 0.0873. The molecule has 0 aromatic heterocycles. The van der Waals surface area contributed by atoms with Gasteiger partial charge in [-0.25, -0.2) is 12.8 Å². The highest BCUT2D eigenvalue weighted by atomic mass is 32.2. The zero-order valence-corrected chi connectivity index (χ0v) is 10.2. The molecule has 0 radical (unpaired) electrons. The number of nitrogens with zero attached hydrogens (tertiary/aromatic N) is 1. The molecule has 7 heteroatoms. The average molecular weight is 273 g/mol. The van der Waals surface area contributed by atoms with Crippen molar-refractivity contribution in [3.05, 3.63) is 30.1 Å². The first-order chi connectivity index (χ1) is 8.41. The van der Waals surface area contributed by atoms with Crippen molar-refractivity contribution in [3.8, 4) is 0 Å². The minimum absolute atomic E-state index is 0.0613.